The van der Waals surface area contributed by atoms with Gasteiger partial charge in [0.25, 0.3) is 0 Å². The Kier molecular flexibility index (Phi) is 2.55. The average molecular weight is 305 g/mol. The number of halogens is 2. The molecule has 0 saturated heterocycles. The van der Waals surface area contributed by atoms with Gasteiger partial charge in [-0.25, -0.2) is 0 Å². The summed E-state index contributed by atoms with van der Waals surface area (Å²) in [5.41, 5.74) is 1.97. The average Bonchev–Trinajstić information content (AvgIpc) is 2.16. The number of nitrogens with one attached hydrogen (secondary N) is 1. The Labute approximate surface area is 94.8 Å². The minimum atomic E-state index is 0.714. The molecule has 1 N–H and O–H groups in total. The molecular weight excluding hydrogens is 298 g/mol. The third-order valence-corrected chi connectivity index (χ3v) is 2.62. The van der Waals surface area contributed by atoms with Gasteiger partial charge in [0, 0.05) is 16.6 Å². The maximum Gasteiger partial charge on any atom is 0.0737 e. The summed E-state index contributed by atoms with van der Waals surface area (Å²) in [7, 11) is 0. The fourth-order valence-electron chi connectivity index (χ4n) is 1.20. The standard InChI is InChI=1S/C9H6ClIN2/c10-6-1-2-7-8(13-11)3-4-12-9(7)5-6/h1-5H,(H,12,13). The van der Waals surface area contributed by atoms with E-state index in [0.717, 1.165) is 16.6 Å². The molecule has 0 radical (unpaired) electrons. The van der Waals surface area contributed by atoms with Gasteiger partial charge in [-0.05, 0) is 24.3 Å². The second-order valence-corrected chi connectivity index (χ2v) is 3.59. The summed E-state index contributed by atoms with van der Waals surface area (Å²) in [6, 6.07) is 7.62. The highest BCUT2D eigenvalue weighted by atomic mass is 127. The summed E-state index contributed by atoms with van der Waals surface area (Å²) < 4.78 is 3.08. The highest BCUT2D eigenvalue weighted by molar-refractivity contribution is 14.1. The molecule has 1 aromatic heterocycles. The van der Waals surface area contributed by atoms with Crippen molar-refractivity contribution in [1.29, 1.82) is 0 Å². The van der Waals surface area contributed by atoms with Crippen molar-refractivity contribution in [1.82, 2.24) is 4.98 Å². The van der Waals surface area contributed by atoms with Gasteiger partial charge in [-0.2, -0.15) is 0 Å². The van der Waals surface area contributed by atoms with E-state index in [-0.39, 0.29) is 0 Å². The van der Waals surface area contributed by atoms with E-state index in [1.54, 1.807) is 6.20 Å². The van der Waals surface area contributed by atoms with Gasteiger partial charge in [-0.15, -0.1) is 0 Å². The molecule has 2 aromatic rings. The summed E-state index contributed by atoms with van der Waals surface area (Å²) in [6.45, 7) is 0. The fraction of sp³-hybridized carbons (Fsp3) is 0. The molecule has 0 bridgehead atoms. The van der Waals surface area contributed by atoms with Crippen LogP contribution in [0.3, 0.4) is 0 Å². The molecule has 0 aliphatic rings. The maximum atomic E-state index is 5.85. The third-order valence-electron chi connectivity index (χ3n) is 1.81. The lowest BCUT2D eigenvalue weighted by Gasteiger charge is -2.03. The van der Waals surface area contributed by atoms with Crippen LogP contribution in [0.5, 0.6) is 0 Å². The van der Waals surface area contributed by atoms with E-state index < -0.39 is 0 Å². The van der Waals surface area contributed by atoms with Crippen molar-refractivity contribution in [2.24, 2.45) is 0 Å². The Hall–Kier alpha value is -0.550. The van der Waals surface area contributed by atoms with Crippen LogP contribution in [0, 0.1) is 0 Å². The molecule has 0 aliphatic carbocycles. The van der Waals surface area contributed by atoms with Gasteiger partial charge in [-0.1, -0.05) is 11.6 Å². The van der Waals surface area contributed by atoms with Crippen molar-refractivity contribution >= 4 is 51.1 Å². The smallest absolute Gasteiger partial charge is 0.0737 e. The quantitative estimate of drug-likeness (QED) is 0.642. The Morgan fingerprint density at radius 3 is 2.92 bits per heavy atom. The number of benzene rings is 1. The number of aromatic nitrogens is 1. The Morgan fingerprint density at radius 2 is 2.15 bits per heavy atom. The number of fused-ring (bicyclic) bond motifs is 1. The predicted molar refractivity (Wildman–Crippen MR) is 64.4 cm³/mol. The van der Waals surface area contributed by atoms with Gasteiger partial charge < -0.3 is 3.53 Å². The van der Waals surface area contributed by atoms with E-state index >= 15 is 0 Å². The van der Waals surface area contributed by atoms with Gasteiger partial charge in [0.15, 0.2) is 0 Å². The van der Waals surface area contributed by atoms with E-state index in [4.69, 9.17) is 11.6 Å². The topological polar surface area (TPSA) is 24.9 Å². The molecule has 1 heterocycles. The molecule has 0 aliphatic heterocycles. The number of rotatable bonds is 1. The highest BCUT2D eigenvalue weighted by Crippen LogP contribution is 2.24. The monoisotopic (exact) mass is 304 g/mol. The lowest BCUT2D eigenvalue weighted by Crippen LogP contribution is -1.84. The number of nitrogens with zero attached hydrogens (tertiary/aromatic N) is 1. The van der Waals surface area contributed by atoms with Crippen LogP contribution >= 0.6 is 34.5 Å². The molecule has 0 unspecified atom stereocenters. The molecule has 0 amide bonds. The first-order valence-electron chi connectivity index (χ1n) is 3.72. The zero-order chi connectivity index (χ0) is 9.26. The molecule has 2 nitrogen and oxygen atoms in total. The Balaban J connectivity index is 2.77. The number of pyridine rings is 1. The largest absolute Gasteiger partial charge is 0.328 e. The van der Waals surface area contributed by atoms with E-state index in [9.17, 15) is 0 Å². The van der Waals surface area contributed by atoms with Gasteiger partial charge in [0.05, 0.1) is 34.1 Å². The van der Waals surface area contributed by atoms with Crippen LogP contribution in [-0.4, -0.2) is 4.98 Å². The van der Waals surface area contributed by atoms with E-state index in [0.29, 0.717) is 5.02 Å². The summed E-state index contributed by atoms with van der Waals surface area (Å²) >= 11 is 7.95. The molecule has 66 valence electrons. The van der Waals surface area contributed by atoms with Crippen molar-refractivity contribution in [2.75, 3.05) is 3.53 Å². The molecule has 2 rings (SSSR count). The zero-order valence-corrected chi connectivity index (χ0v) is 9.50. The van der Waals surface area contributed by atoms with Crippen LogP contribution in [0.15, 0.2) is 30.5 Å². The van der Waals surface area contributed by atoms with Crippen molar-refractivity contribution < 1.29 is 0 Å². The molecular formula is C9H6ClIN2. The van der Waals surface area contributed by atoms with Crippen LogP contribution in [-0.2, 0) is 0 Å². The molecule has 1 aromatic carbocycles. The van der Waals surface area contributed by atoms with E-state index in [2.05, 4.69) is 31.4 Å². The van der Waals surface area contributed by atoms with Crippen LogP contribution in [0.1, 0.15) is 0 Å². The lowest BCUT2D eigenvalue weighted by molar-refractivity contribution is 1.42. The summed E-state index contributed by atoms with van der Waals surface area (Å²) in [4.78, 5) is 4.22. The van der Waals surface area contributed by atoms with Crippen LogP contribution in [0.2, 0.25) is 5.02 Å². The van der Waals surface area contributed by atoms with Crippen LogP contribution in [0.25, 0.3) is 10.9 Å². The number of hydrogen-bond donors (Lipinski definition) is 1. The Bertz CT molecular complexity index is 445. The number of hydrogen-bond acceptors (Lipinski definition) is 2. The van der Waals surface area contributed by atoms with Gasteiger partial charge in [-0.3, -0.25) is 4.98 Å². The second kappa shape index (κ2) is 3.67. The van der Waals surface area contributed by atoms with Crippen molar-refractivity contribution in [3.63, 3.8) is 0 Å². The SMILES string of the molecule is Clc1ccc2c(NI)ccnc2c1. The van der Waals surface area contributed by atoms with Gasteiger partial charge in [0.1, 0.15) is 0 Å². The second-order valence-electron chi connectivity index (χ2n) is 2.61. The molecule has 0 atom stereocenters. The molecule has 0 saturated carbocycles. The summed E-state index contributed by atoms with van der Waals surface area (Å²) in [6.07, 6.45) is 1.76. The normalized spacial score (nSPS) is 10.3. The molecule has 13 heavy (non-hydrogen) atoms. The third kappa shape index (κ3) is 1.71. The minimum absolute atomic E-state index is 0.714. The summed E-state index contributed by atoms with van der Waals surface area (Å²) in [5.74, 6) is 0. The van der Waals surface area contributed by atoms with Crippen molar-refractivity contribution in [3.8, 4) is 0 Å². The van der Waals surface area contributed by atoms with Gasteiger partial charge >= 0.3 is 0 Å². The summed E-state index contributed by atoms with van der Waals surface area (Å²) in [5, 5.41) is 1.80. The first-order chi connectivity index (χ1) is 6.31. The zero-order valence-electron chi connectivity index (χ0n) is 6.59. The maximum absolute atomic E-state index is 5.85. The molecule has 0 spiro atoms. The highest BCUT2D eigenvalue weighted by Gasteiger charge is 2.00. The van der Waals surface area contributed by atoms with E-state index in [1.165, 1.54) is 0 Å². The molecule has 0 fully saturated rings. The van der Waals surface area contributed by atoms with Crippen molar-refractivity contribution in [2.45, 2.75) is 0 Å². The van der Waals surface area contributed by atoms with Gasteiger partial charge in [0.2, 0.25) is 0 Å². The first kappa shape index (κ1) is 9.02. The molecule has 4 heteroatoms. The first-order valence-corrected chi connectivity index (χ1v) is 5.18. The Morgan fingerprint density at radius 1 is 1.31 bits per heavy atom. The number of anilines is 1. The van der Waals surface area contributed by atoms with Crippen LogP contribution in [0.4, 0.5) is 5.69 Å². The fourth-order valence-corrected chi connectivity index (χ4v) is 1.84. The predicted octanol–water partition coefficient (Wildman–Crippen LogP) is 3.65. The van der Waals surface area contributed by atoms with E-state index in [1.807, 2.05) is 24.3 Å². The van der Waals surface area contributed by atoms with Crippen LogP contribution < -0.4 is 3.53 Å². The lowest BCUT2D eigenvalue weighted by atomic mass is 10.2. The minimum Gasteiger partial charge on any atom is -0.328 e. The van der Waals surface area contributed by atoms with Crippen molar-refractivity contribution in [3.05, 3.63) is 35.5 Å².